The largest absolute Gasteiger partial charge is 0.339 e. The zero-order valence-corrected chi connectivity index (χ0v) is 9.66. The van der Waals surface area contributed by atoms with E-state index in [1.54, 1.807) is 0 Å². The highest BCUT2D eigenvalue weighted by Gasteiger charge is 2.29. The molecule has 1 aliphatic heterocycles. The van der Waals surface area contributed by atoms with E-state index in [0.717, 1.165) is 31.2 Å². The highest BCUT2D eigenvalue weighted by atomic mass is 16.5. The number of hydrogen-bond acceptors (Lipinski definition) is 4. The zero-order chi connectivity index (χ0) is 10.8. The fraction of sp³-hybridized carbons (Fsp3) is 0.818. The number of hydrogen-bond donors (Lipinski definition) is 1. The summed E-state index contributed by atoms with van der Waals surface area (Å²) in [6.45, 7) is 8.50. The van der Waals surface area contributed by atoms with Gasteiger partial charge in [0.1, 0.15) is 0 Å². The summed E-state index contributed by atoms with van der Waals surface area (Å²) >= 11 is 0. The molecule has 4 nitrogen and oxygen atoms in total. The van der Waals surface area contributed by atoms with E-state index < -0.39 is 0 Å². The summed E-state index contributed by atoms with van der Waals surface area (Å²) < 4.78 is 5.34. The third-order valence-electron chi connectivity index (χ3n) is 3.35. The highest BCUT2D eigenvalue weighted by Crippen LogP contribution is 2.27. The lowest BCUT2D eigenvalue weighted by Gasteiger charge is -2.07. The van der Waals surface area contributed by atoms with Crippen molar-refractivity contribution >= 4 is 0 Å². The second kappa shape index (κ2) is 4.31. The molecule has 0 aliphatic carbocycles. The molecule has 1 unspecified atom stereocenters. The van der Waals surface area contributed by atoms with Gasteiger partial charge in [0.25, 0.3) is 0 Å². The molecule has 1 aromatic heterocycles. The Labute approximate surface area is 90.4 Å². The molecule has 2 rings (SSSR count). The molecule has 1 saturated heterocycles. The SMILES string of the molecule is CCC(C)c1noc([C@@H]2CNC[C@H]2C)n1. The molecule has 84 valence electrons. The quantitative estimate of drug-likeness (QED) is 0.826. The van der Waals surface area contributed by atoms with Crippen LogP contribution in [0.4, 0.5) is 0 Å². The first-order valence-corrected chi connectivity index (χ1v) is 5.76. The van der Waals surface area contributed by atoms with Crippen LogP contribution in [0.15, 0.2) is 4.52 Å². The van der Waals surface area contributed by atoms with E-state index in [4.69, 9.17) is 4.52 Å². The van der Waals surface area contributed by atoms with Crippen LogP contribution in [-0.4, -0.2) is 23.2 Å². The third kappa shape index (κ3) is 2.04. The van der Waals surface area contributed by atoms with Gasteiger partial charge in [0.2, 0.25) is 5.89 Å². The summed E-state index contributed by atoms with van der Waals surface area (Å²) in [4.78, 5) is 4.50. The highest BCUT2D eigenvalue weighted by molar-refractivity contribution is 5.02. The summed E-state index contributed by atoms with van der Waals surface area (Å²) in [6.07, 6.45) is 1.05. The molecular formula is C11H19N3O. The maximum Gasteiger partial charge on any atom is 0.231 e. The standard InChI is InChI=1S/C11H19N3O/c1-4-7(2)10-13-11(15-14-10)9-6-12-5-8(9)3/h7-9,12H,4-6H2,1-3H3/t7?,8-,9-/m1/s1. The lowest BCUT2D eigenvalue weighted by Crippen LogP contribution is -2.08. The van der Waals surface area contributed by atoms with Crippen molar-refractivity contribution in [2.75, 3.05) is 13.1 Å². The Bertz CT molecular complexity index is 323. The van der Waals surface area contributed by atoms with E-state index >= 15 is 0 Å². The van der Waals surface area contributed by atoms with Gasteiger partial charge in [-0.1, -0.05) is 25.9 Å². The Morgan fingerprint density at radius 3 is 2.93 bits per heavy atom. The predicted octanol–water partition coefficient (Wildman–Crippen LogP) is 1.91. The second-order valence-corrected chi connectivity index (χ2v) is 4.54. The van der Waals surface area contributed by atoms with Crippen LogP contribution in [0.25, 0.3) is 0 Å². The average molecular weight is 209 g/mol. The van der Waals surface area contributed by atoms with Gasteiger partial charge >= 0.3 is 0 Å². The molecule has 1 fully saturated rings. The van der Waals surface area contributed by atoms with Crippen LogP contribution < -0.4 is 5.32 Å². The van der Waals surface area contributed by atoms with Crippen molar-refractivity contribution in [2.24, 2.45) is 5.92 Å². The van der Waals surface area contributed by atoms with E-state index in [9.17, 15) is 0 Å². The van der Waals surface area contributed by atoms with Gasteiger partial charge in [-0.05, 0) is 18.9 Å². The summed E-state index contributed by atoms with van der Waals surface area (Å²) in [7, 11) is 0. The van der Waals surface area contributed by atoms with Crippen LogP contribution in [0.5, 0.6) is 0 Å². The molecule has 0 bridgehead atoms. The number of nitrogens with one attached hydrogen (secondary N) is 1. The van der Waals surface area contributed by atoms with Gasteiger partial charge in [0, 0.05) is 12.5 Å². The van der Waals surface area contributed by atoms with E-state index in [1.165, 1.54) is 0 Å². The molecule has 2 heterocycles. The van der Waals surface area contributed by atoms with Crippen LogP contribution in [0.2, 0.25) is 0 Å². The number of nitrogens with zero attached hydrogens (tertiary/aromatic N) is 2. The summed E-state index contributed by atoms with van der Waals surface area (Å²) in [6, 6.07) is 0. The molecular weight excluding hydrogens is 190 g/mol. The molecule has 0 saturated carbocycles. The van der Waals surface area contributed by atoms with Gasteiger partial charge < -0.3 is 9.84 Å². The molecule has 4 heteroatoms. The predicted molar refractivity (Wildman–Crippen MR) is 57.8 cm³/mol. The van der Waals surface area contributed by atoms with Crippen molar-refractivity contribution < 1.29 is 4.52 Å². The van der Waals surface area contributed by atoms with Crippen molar-refractivity contribution in [3.05, 3.63) is 11.7 Å². The van der Waals surface area contributed by atoms with E-state index in [0.29, 0.717) is 17.8 Å². The summed E-state index contributed by atoms with van der Waals surface area (Å²) in [5.74, 6) is 3.05. The normalized spacial score (nSPS) is 28.2. The lowest BCUT2D eigenvalue weighted by molar-refractivity contribution is 0.335. The first kappa shape index (κ1) is 10.6. The van der Waals surface area contributed by atoms with E-state index in [2.05, 4.69) is 36.2 Å². The van der Waals surface area contributed by atoms with Crippen molar-refractivity contribution in [3.8, 4) is 0 Å². The van der Waals surface area contributed by atoms with Gasteiger partial charge in [-0.25, -0.2) is 0 Å². The Balaban J connectivity index is 2.12. The molecule has 1 N–H and O–H groups in total. The topological polar surface area (TPSA) is 51.0 Å². The maximum absolute atomic E-state index is 5.34. The smallest absolute Gasteiger partial charge is 0.231 e. The minimum Gasteiger partial charge on any atom is -0.339 e. The fourth-order valence-corrected chi connectivity index (χ4v) is 1.92. The summed E-state index contributed by atoms with van der Waals surface area (Å²) in [5, 5.41) is 7.40. The van der Waals surface area contributed by atoms with Gasteiger partial charge in [-0.3, -0.25) is 0 Å². The van der Waals surface area contributed by atoms with Gasteiger partial charge in [-0.2, -0.15) is 4.98 Å². The van der Waals surface area contributed by atoms with Crippen molar-refractivity contribution in [1.29, 1.82) is 0 Å². The Kier molecular flexibility index (Phi) is 3.05. The van der Waals surface area contributed by atoms with Crippen molar-refractivity contribution in [1.82, 2.24) is 15.5 Å². The fourth-order valence-electron chi connectivity index (χ4n) is 1.92. The average Bonchev–Trinajstić information content (AvgIpc) is 2.84. The Morgan fingerprint density at radius 2 is 2.33 bits per heavy atom. The van der Waals surface area contributed by atoms with E-state index in [-0.39, 0.29) is 0 Å². The molecule has 0 spiro atoms. The van der Waals surface area contributed by atoms with Gasteiger partial charge in [-0.15, -0.1) is 0 Å². The number of aromatic nitrogens is 2. The van der Waals surface area contributed by atoms with Crippen LogP contribution in [0.3, 0.4) is 0 Å². The zero-order valence-electron chi connectivity index (χ0n) is 9.66. The van der Waals surface area contributed by atoms with Crippen LogP contribution in [-0.2, 0) is 0 Å². The molecule has 0 amide bonds. The minimum absolute atomic E-state index is 0.396. The van der Waals surface area contributed by atoms with Gasteiger partial charge in [0.15, 0.2) is 5.82 Å². The monoisotopic (exact) mass is 209 g/mol. The van der Waals surface area contributed by atoms with Crippen LogP contribution in [0.1, 0.15) is 50.7 Å². The minimum atomic E-state index is 0.396. The first-order chi connectivity index (χ1) is 7.22. The first-order valence-electron chi connectivity index (χ1n) is 5.76. The Morgan fingerprint density at radius 1 is 1.53 bits per heavy atom. The molecule has 3 atom stereocenters. The van der Waals surface area contributed by atoms with Gasteiger partial charge in [0.05, 0.1) is 5.92 Å². The molecule has 1 aliphatic rings. The maximum atomic E-state index is 5.34. The lowest BCUT2D eigenvalue weighted by atomic mass is 9.98. The Hall–Kier alpha value is -0.900. The molecule has 0 radical (unpaired) electrons. The summed E-state index contributed by atoms with van der Waals surface area (Å²) in [5.41, 5.74) is 0. The number of rotatable bonds is 3. The third-order valence-corrected chi connectivity index (χ3v) is 3.35. The van der Waals surface area contributed by atoms with Crippen LogP contribution >= 0.6 is 0 Å². The van der Waals surface area contributed by atoms with Crippen molar-refractivity contribution in [3.63, 3.8) is 0 Å². The van der Waals surface area contributed by atoms with Crippen LogP contribution in [0, 0.1) is 5.92 Å². The second-order valence-electron chi connectivity index (χ2n) is 4.54. The van der Waals surface area contributed by atoms with E-state index in [1.807, 2.05) is 0 Å². The van der Waals surface area contributed by atoms with Crippen molar-refractivity contribution in [2.45, 2.75) is 39.0 Å². The molecule has 15 heavy (non-hydrogen) atoms. The molecule has 0 aromatic carbocycles. The molecule has 1 aromatic rings.